The van der Waals surface area contributed by atoms with Crippen LogP contribution in [-0.2, 0) is 9.53 Å². The van der Waals surface area contributed by atoms with E-state index in [2.05, 4.69) is 5.10 Å². The van der Waals surface area contributed by atoms with Crippen LogP contribution < -0.4 is 4.74 Å². The Bertz CT molecular complexity index is 1030. The number of fused-ring (bicyclic) bond motifs is 1. The molecule has 1 aliphatic heterocycles. The number of carbonyl (C=O) groups excluding carboxylic acids is 1. The largest absolute Gasteiger partial charge is 0.505 e. The van der Waals surface area contributed by atoms with E-state index in [0.29, 0.717) is 22.6 Å². The number of aliphatic hydroxyl groups is 1. The summed E-state index contributed by atoms with van der Waals surface area (Å²) in [6.07, 6.45) is 3.37. The van der Waals surface area contributed by atoms with E-state index in [9.17, 15) is 9.90 Å². The van der Waals surface area contributed by atoms with Crippen molar-refractivity contribution in [2.75, 3.05) is 7.11 Å². The molecule has 0 spiro atoms. The topological polar surface area (TPSA) is 71.4 Å². The maximum atomic E-state index is 12.3. The van der Waals surface area contributed by atoms with Crippen molar-refractivity contribution in [1.82, 2.24) is 5.01 Å². The minimum Gasteiger partial charge on any atom is -0.505 e. The molecule has 0 aromatic heterocycles. The van der Waals surface area contributed by atoms with Gasteiger partial charge in [-0.3, -0.25) is 0 Å². The van der Waals surface area contributed by atoms with Crippen LogP contribution in [-0.4, -0.2) is 29.4 Å². The molecule has 2 aromatic rings. The number of methoxy groups -OCH3 is 1. The van der Waals surface area contributed by atoms with Crippen molar-refractivity contribution in [2.24, 2.45) is 5.10 Å². The fraction of sp³-hybridized carbons (Fsp3) is 0.217. The molecule has 0 radical (unpaired) electrons. The fourth-order valence-electron chi connectivity index (χ4n) is 3.34. The molecule has 0 saturated heterocycles. The molecule has 0 atom stereocenters. The Morgan fingerprint density at radius 3 is 2.38 bits per heavy atom. The van der Waals surface area contributed by atoms with Crippen LogP contribution in [0.1, 0.15) is 36.1 Å². The minimum absolute atomic E-state index is 0.0328. The number of esters is 1. The zero-order chi connectivity index (χ0) is 21.1. The lowest BCUT2D eigenvalue weighted by molar-refractivity contribution is -0.137. The van der Waals surface area contributed by atoms with Crippen molar-refractivity contribution in [1.29, 1.82) is 0 Å². The second-order valence-corrected chi connectivity index (χ2v) is 6.58. The van der Waals surface area contributed by atoms with Crippen molar-refractivity contribution >= 4 is 23.6 Å². The molecule has 0 amide bonds. The smallest absolute Gasteiger partial charge is 0.360 e. The Morgan fingerprint density at radius 1 is 1.10 bits per heavy atom. The molecular weight excluding hydrogens is 368 g/mol. The number of nitrogens with zero attached hydrogens (tertiary/aromatic N) is 2. The maximum Gasteiger partial charge on any atom is 0.360 e. The number of allylic oxidation sites excluding steroid dienone is 1. The van der Waals surface area contributed by atoms with Gasteiger partial charge in [0.1, 0.15) is 11.5 Å². The Morgan fingerprint density at radius 2 is 1.79 bits per heavy atom. The van der Waals surface area contributed by atoms with Crippen LogP contribution >= 0.6 is 0 Å². The highest BCUT2D eigenvalue weighted by Gasteiger charge is 2.34. The number of para-hydroxylation sites is 1. The third kappa shape index (κ3) is 3.61. The molecule has 6 nitrogen and oxygen atoms in total. The Kier molecular flexibility index (Phi) is 5.73. The van der Waals surface area contributed by atoms with E-state index in [1.54, 1.807) is 25.3 Å². The van der Waals surface area contributed by atoms with Crippen LogP contribution in [0.25, 0.3) is 11.5 Å². The molecule has 0 bridgehead atoms. The average molecular weight is 392 g/mol. The van der Waals surface area contributed by atoms with Gasteiger partial charge in [-0.1, -0.05) is 24.3 Å². The third-order valence-corrected chi connectivity index (χ3v) is 4.70. The van der Waals surface area contributed by atoms with Crippen LogP contribution in [0.2, 0.25) is 0 Å². The van der Waals surface area contributed by atoms with Gasteiger partial charge in [0.25, 0.3) is 0 Å². The second-order valence-electron chi connectivity index (χ2n) is 6.58. The number of ether oxygens (including phenoxy) is 2. The number of hydrogen-bond donors (Lipinski definition) is 1. The number of carbonyl (C=O) groups is 1. The van der Waals surface area contributed by atoms with E-state index in [1.807, 2.05) is 51.1 Å². The SMILES string of the molecule is C/C=N\N1C(C(=O)OC)=C(O)c2ccc(Oc3c(C)cccc3C)cc2/C1=C\C. The minimum atomic E-state index is -0.672. The van der Waals surface area contributed by atoms with Crippen LogP contribution in [0.3, 0.4) is 0 Å². The van der Waals surface area contributed by atoms with E-state index in [4.69, 9.17) is 9.47 Å². The van der Waals surface area contributed by atoms with E-state index in [-0.39, 0.29) is 11.5 Å². The molecule has 3 rings (SSSR count). The summed E-state index contributed by atoms with van der Waals surface area (Å²) >= 11 is 0. The van der Waals surface area contributed by atoms with Gasteiger partial charge in [0.2, 0.25) is 0 Å². The lowest BCUT2D eigenvalue weighted by Gasteiger charge is -2.30. The molecule has 0 unspecified atom stereocenters. The van der Waals surface area contributed by atoms with Crippen molar-refractivity contribution in [3.05, 3.63) is 70.4 Å². The summed E-state index contributed by atoms with van der Waals surface area (Å²) in [4.78, 5) is 12.3. The number of benzene rings is 2. The normalized spacial score (nSPS) is 15.1. The van der Waals surface area contributed by atoms with Crippen molar-refractivity contribution in [3.8, 4) is 11.5 Å². The van der Waals surface area contributed by atoms with Crippen LogP contribution in [0, 0.1) is 13.8 Å². The average Bonchev–Trinajstić information content (AvgIpc) is 2.71. The first-order chi connectivity index (χ1) is 13.9. The molecule has 1 aliphatic rings. The van der Waals surface area contributed by atoms with E-state index in [0.717, 1.165) is 16.9 Å². The van der Waals surface area contributed by atoms with Crippen molar-refractivity contribution in [3.63, 3.8) is 0 Å². The van der Waals surface area contributed by atoms with Gasteiger partial charge in [0.05, 0.1) is 12.8 Å². The first-order valence-corrected chi connectivity index (χ1v) is 9.28. The Labute approximate surface area is 170 Å². The zero-order valence-corrected chi connectivity index (χ0v) is 17.2. The second kappa shape index (κ2) is 8.22. The van der Waals surface area contributed by atoms with E-state index < -0.39 is 5.97 Å². The van der Waals surface area contributed by atoms with Gasteiger partial charge in [-0.15, -0.1) is 0 Å². The Hall–Kier alpha value is -3.54. The van der Waals surface area contributed by atoms with Crippen LogP contribution in [0.4, 0.5) is 0 Å². The fourth-order valence-corrected chi connectivity index (χ4v) is 3.34. The summed E-state index contributed by atoms with van der Waals surface area (Å²) in [5.41, 5.74) is 3.88. The van der Waals surface area contributed by atoms with Crippen molar-refractivity contribution < 1.29 is 19.4 Å². The predicted molar refractivity (Wildman–Crippen MR) is 114 cm³/mol. The monoisotopic (exact) mass is 392 g/mol. The van der Waals surface area contributed by atoms with Gasteiger partial charge in [-0.2, -0.15) is 5.10 Å². The highest BCUT2D eigenvalue weighted by Crippen LogP contribution is 2.40. The first kappa shape index (κ1) is 20.2. The van der Waals surface area contributed by atoms with Crippen LogP contribution in [0.15, 0.2) is 53.3 Å². The Balaban J connectivity index is 2.15. The molecule has 150 valence electrons. The van der Waals surface area contributed by atoms with Gasteiger partial charge in [-0.25, -0.2) is 9.80 Å². The molecule has 0 fully saturated rings. The highest BCUT2D eigenvalue weighted by atomic mass is 16.5. The molecule has 0 saturated carbocycles. The third-order valence-electron chi connectivity index (χ3n) is 4.70. The summed E-state index contributed by atoms with van der Waals surface area (Å²) in [5, 5.41) is 16.4. The molecule has 0 aliphatic carbocycles. The lowest BCUT2D eigenvalue weighted by Crippen LogP contribution is -2.28. The van der Waals surface area contributed by atoms with E-state index in [1.165, 1.54) is 12.1 Å². The summed E-state index contributed by atoms with van der Waals surface area (Å²) in [7, 11) is 1.27. The van der Waals surface area contributed by atoms with Gasteiger partial charge < -0.3 is 14.6 Å². The number of rotatable bonds is 4. The molecule has 1 N–H and O–H groups in total. The number of aliphatic hydroxyl groups excluding tert-OH is 1. The summed E-state index contributed by atoms with van der Waals surface area (Å²) in [6.45, 7) is 7.56. The molecular formula is C23H24N2O4. The van der Waals surface area contributed by atoms with Gasteiger partial charge >= 0.3 is 5.97 Å². The van der Waals surface area contributed by atoms with Crippen LogP contribution in [0.5, 0.6) is 11.5 Å². The highest BCUT2D eigenvalue weighted by molar-refractivity contribution is 6.01. The number of hydrogen-bond acceptors (Lipinski definition) is 6. The maximum absolute atomic E-state index is 12.3. The summed E-state index contributed by atoms with van der Waals surface area (Å²) < 4.78 is 11.0. The lowest BCUT2D eigenvalue weighted by atomic mass is 9.96. The van der Waals surface area contributed by atoms with Gasteiger partial charge in [0, 0.05) is 17.3 Å². The summed E-state index contributed by atoms with van der Waals surface area (Å²) in [6, 6.07) is 11.3. The summed E-state index contributed by atoms with van der Waals surface area (Å²) in [5.74, 6) is 0.551. The van der Waals surface area contributed by atoms with E-state index >= 15 is 0 Å². The molecule has 6 heteroatoms. The predicted octanol–water partition coefficient (Wildman–Crippen LogP) is 5.18. The first-order valence-electron chi connectivity index (χ1n) is 9.28. The molecule has 29 heavy (non-hydrogen) atoms. The molecule has 1 heterocycles. The zero-order valence-electron chi connectivity index (χ0n) is 17.2. The van der Waals surface area contributed by atoms with Gasteiger partial charge in [0.15, 0.2) is 11.5 Å². The molecule has 2 aromatic carbocycles. The standard InChI is InChI=1S/C23H24N2O4/c1-6-19-18-13-16(29-22-14(3)9-8-10-15(22)4)11-12-17(18)21(26)20(23(27)28-5)25(19)24-7-2/h6-13,26H,1-5H3/b19-6+,24-7-. The quantitative estimate of drug-likeness (QED) is 0.574. The van der Waals surface area contributed by atoms with Gasteiger partial charge in [-0.05, 0) is 57.0 Å². The van der Waals surface area contributed by atoms with Crippen molar-refractivity contribution in [2.45, 2.75) is 27.7 Å². The number of hydrazone groups is 1. The number of aryl methyl sites for hydroxylation is 2.